The molecule has 31 heavy (non-hydrogen) atoms. The van der Waals surface area contributed by atoms with Crippen LogP contribution in [0.5, 0.6) is 11.5 Å². The van der Waals surface area contributed by atoms with Gasteiger partial charge in [-0.25, -0.2) is 4.79 Å². The molecule has 1 N–H and O–H groups in total. The van der Waals surface area contributed by atoms with Gasteiger partial charge < -0.3 is 19.5 Å². The monoisotopic (exact) mass is 439 g/mol. The molecule has 2 aromatic rings. The lowest BCUT2D eigenvalue weighted by atomic mass is 9.79. The first-order chi connectivity index (χ1) is 14.9. The van der Waals surface area contributed by atoms with E-state index in [0.717, 1.165) is 5.56 Å². The molecule has 0 spiro atoms. The second-order valence-electron chi connectivity index (χ2n) is 7.22. The van der Waals surface area contributed by atoms with E-state index >= 15 is 0 Å². The summed E-state index contributed by atoms with van der Waals surface area (Å²) in [4.78, 5) is 26.2. The van der Waals surface area contributed by atoms with E-state index in [-0.39, 0.29) is 5.78 Å². The third kappa shape index (κ3) is 3.27. The molecule has 0 saturated heterocycles. The standard InChI is InChI=1S/C24H22ClNO5/c1-5-31-17-11-13(10-16(25)23(17)29-3)19-18(24(28)30-4)12(2)26-21-14-8-6-7-9-15(14)22(27)20(19)21/h6-11,19,26H,5H2,1-4H3. The van der Waals surface area contributed by atoms with E-state index in [0.29, 0.717) is 56.8 Å². The van der Waals surface area contributed by atoms with Crippen LogP contribution in [0.2, 0.25) is 5.02 Å². The van der Waals surface area contributed by atoms with Crippen molar-refractivity contribution in [2.24, 2.45) is 0 Å². The molecule has 0 aromatic heterocycles. The van der Waals surface area contributed by atoms with Gasteiger partial charge in [-0.2, -0.15) is 0 Å². The number of fused-ring (bicyclic) bond motifs is 2. The summed E-state index contributed by atoms with van der Waals surface area (Å²) in [6.07, 6.45) is 0. The number of ketones is 1. The van der Waals surface area contributed by atoms with Crippen LogP contribution in [0, 0.1) is 0 Å². The van der Waals surface area contributed by atoms with Gasteiger partial charge in [-0.05, 0) is 31.5 Å². The number of dihydropyridines is 1. The average Bonchev–Trinajstić information content (AvgIpc) is 3.04. The maximum Gasteiger partial charge on any atom is 0.336 e. The van der Waals surface area contributed by atoms with Crippen molar-refractivity contribution in [2.75, 3.05) is 20.8 Å². The molecule has 160 valence electrons. The number of hydrogen-bond acceptors (Lipinski definition) is 6. The Labute approximate surface area is 185 Å². The van der Waals surface area contributed by atoms with Crippen molar-refractivity contribution < 1.29 is 23.8 Å². The number of hydrogen-bond donors (Lipinski definition) is 1. The van der Waals surface area contributed by atoms with Gasteiger partial charge in [-0.15, -0.1) is 0 Å². The minimum atomic E-state index is -0.675. The summed E-state index contributed by atoms with van der Waals surface area (Å²) in [7, 11) is 2.83. The smallest absolute Gasteiger partial charge is 0.336 e. The third-order valence-electron chi connectivity index (χ3n) is 5.52. The largest absolute Gasteiger partial charge is 0.491 e. The number of carbonyl (C=O) groups is 2. The van der Waals surface area contributed by atoms with Gasteiger partial charge in [0.15, 0.2) is 17.3 Å². The molecule has 0 amide bonds. The van der Waals surface area contributed by atoms with Gasteiger partial charge in [0, 0.05) is 28.3 Å². The van der Waals surface area contributed by atoms with Crippen molar-refractivity contribution >= 4 is 29.1 Å². The van der Waals surface area contributed by atoms with Crippen LogP contribution in [0.15, 0.2) is 53.2 Å². The van der Waals surface area contributed by atoms with Crippen LogP contribution in [0.4, 0.5) is 0 Å². The molecule has 0 radical (unpaired) electrons. The Bertz CT molecular complexity index is 1160. The molecule has 1 aliphatic heterocycles. The zero-order valence-electron chi connectivity index (χ0n) is 17.7. The maximum absolute atomic E-state index is 13.4. The van der Waals surface area contributed by atoms with E-state index in [1.54, 1.807) is 25.1 Å². The van der Waals surface area contributed by atoms with Crippen molar-refractivity contribution in [3.05, 3.63) is 75.0 Å². The van der Waals surface area contributed by atoms with Gasteiger partial charge in [-0.1, -0.05) is 35.9 Å². The van der Waals surface area contributed by atoms with Gasteiger partial charge in [-0.3, -0.25) is 4.79 Å². The Morgan fingerprint density at radius 2 is 1.87 bits per heavy atom. The fourth-order valence-electron chi connectivity index (χ4n) is 4.26. The molecule has 2 aromatic carbocycles. The predicted molar refractivity (Wildman–Crippen MR) is 117 cm³/mol. The maximum atomic E-state index is 13.4. The minimum Gasteiger partial charge on any atom is -0.491 e. The second-order valence-corrected chi connectivity index (χ2v) is 7.63. The van der Waals surface area contributed by atoms with Crippen LogP contribution >= 0.6 is 11.6 Å². The SMILES string of the molecule is CCOc1cc(C2C(C(=O)OC)=C(C)NC3=C2C(=O)c2ccccc23)cc(Cl)c1OC. The summed E-state index contributed by atoms with van der Waals surface area (Å²) in [5.74, 6) is -0.488. The van der Waals surface area contributed by atoms with Crippen LogP contribution < -0.4 is 14.8 Å². The normalized spacial score (nSPS) is 17.2. The lowest BCUT2D eigenvalue weighted by Gasteiger charge is -2.29. The molecule has 1 atom stereocenters. The summed E-state index contributed by atoms with van der Waals surface area (Å²) in [6, 6.07) is 10.8. The average molecular weight is 440 g/mol. The van der Waals surface area contributed by atoms with E-state index in [9.17, 15) is 9.59 Å². The lowest BCUT2D eigenvalue weighted by Crippen LogP contribution is -2.29. The van der Waals surface area contributed by atoms with E-state index in [1.807, 2.05) is 25.1 Å². The summed E-state index contributed by atoms with van der Waals surface area (Å²) in [5, 5.41) is 3.58. The highest BCUT2D eigenvalue weighted by Crippen LogP contribution is 2.49. The first-order valence-electron chi connectivity index (χ1n) is 9.87. The van der Waals surface area contributed by atoms with E-state index < -0.39 is 11.9 Å². The fourth-order valence-corrected chi connectivity index (χ4v) is 4.55. The van der Waals surface area contributed by atoms with Crippen molar-refractivity contribution in [3.63, 3.8) is 0 Å². The molecule has 0 fully saturated rings. The lowest BCUT2D eigenvalue weighted by molar-refractivity contribution is -0.136. The van der Waals surface area contributed by atoms with Crippen molar-refractivity contribution in [3.8, 4) is 11.5 Å². The Hall–Kier alpha value is -3.25. The zero-order valence-corrected chi connectivity index (χ0v) is 18.4. The van der Waals surface area contributed by atoms with Crippen LogP contribution in [0.3, 0.4) is 0 Å². The van der Waals surface area contributed by atoms with E-state index in [4.69, 9.17) is 25.8 Å². The van der Waals surface area contributed by atoms with Crippen molar-refractivity contribution in [2.45, 2.75) is 19.8 Å². The Morgan fingerprint density at radius 1 is 1.16 bits per heavy atom. The number of methoxy groups -OCH3 is 2. The number of esters is 1. The van der Waals surface area contributed by atoms with Crippen LogP contribution in [0.1, 0.15) is 41.3 Å². The Balaban J connectivity index is 1.97. The summed E-state index contributed by atoms with van der Waals surface area (Å²) >= 11 is 6.50. The Morgan fingerprint density at radius 3 is 2.52 bits per heavy atom. The molecule has 2 aliphatic rings. The first-order valence-corrected chi connectivity index (χ1v) is 10.2. The number of rotatable bonds is 5. The molecule has 1 unspecified atom stereocenters. The van der Waals surface area contributed by atoms with Crippen molar-refractivity contribution in [1.82, 2.24) is 5.32 Å². The summed E-state index contributed by atoms with van der Waals surface area (Å²) in [6.45, 7) is 4.05. The molecule has 1 heterocycles. The highest BCUT2D eigenvalue weighted by Gasteiger charge is 2.43. The summed E-state index contributed by atoms with van der Waals surface area (Å²) in [5.41, 5.74) is 4.19. The quantitative estimate of drug-likeness (QED) is 0.692. The third-order valence-corrected chi connectivity index (χ3v) is 5.80. The van der Waals surface area contributed by atoms with Crippen molar-refractivity contribution in [1.29, 1.82) is 0 Å². The molecular weight excluding hydrogens is 418 g/mol. The number of ether oxygens (including phenoxy) is 3. The van der Waals surface area contributed by atoms with Crippen LogP contribution in [0.25, 0.3) is 5.70 Å². The van der Waals surface area contributed by atoms with Gasteiger partial charge in [0.1, 0.15) is 0 Å². The number of halogens is 1. The zero-order chi connectivity index (χ0) is 22.3. The minimum absolute atomic E-state index is 0.137. The van der Waals surface area contributed by atoms with Gasteiger partial charge >= 0.3 is 5.97 Å². The van der Waals surface area contributed by atoms with Crippen LogP contribution in [-0.4, -0.2) is 32.6 Å². The topological polar surface area (TPSA) is 73.9 Å². The van der Waals surface area contributed by atoms with E-state index in [1.165, 1.54) is 14.2 Å². The number of allylic oxidation sites excluding steroid dienone is 2. The highest BCUT2D eigenvalue weighted by atomic mass is 35.5. The number of Topliss-reactive ketones (excluding diaryl/α,β-unsaturated/α-hetero) is 1. The Kier molecular flexibility index (Phi) is 5.50. The molecular formula is C24H22ClNO5. The molecule has 0 saturated carbocycles. The summed E-state index contributed by atoms with van der Waals surface area (Å²) < 4.78 is 16.2. The number of carbonyl (C=O) groups excluding carboxylic acids is 2. The fraction of sp³-hybridized carbons (Fsp3) is 0.250. The van der Waals surface area contributed by atoms with Gasteiger partial charge in [0.05, 0.1) is 37.1 Å². The van der Waals surface area contributed by atoms with Gasteiger partial charge in [0.2, 0.25) is 0 Å². The predicted octanol–water partition coefficient (Wildman–Crippen LogP) is 4.49. The molecule has 7 heteroatoms. The number of nitrogens with one attached hydrogen (secondary N) is 1. The second kappa shape index (κ2) is 8.12. The highest BCUT2D eigenvalue weighted by molar-refractivity contribution is 6.32. The molecule has 1 aliphatic carbocycles. The molecule has 4 rings (SSSR count). The molecule has 6 nitrogen and oxygen atoms in total. The van der Waals surface area contributed by atoms with Crippen LogP contribution in [-0.2, 0) is 9.53 Å². The number of benzene rings is 2. The molecule has 0 bridgehead atoms. The first kappa shape index (κ1) is 21.0. The van der Waals surface area contributed by atoms with Gasteiger partial charge in [0.25, 0.3) is 0 Å². The van der Waals surface area contributed by atoms with E-state index in [2.05, 4.69) is 5.32 Å².